The zero-order chi connectivity index (χ0) is 22.0. The third-order valence-electron chi connectivity index (χ3n) is 5.24. The second kappa shape index (κ2) is 8.59. The van der Waals surface area contributed by atoms with Crippen LogP contribution >= 0.6 is 0 Å². The number of methoxy groups -OCH3 is 2. The lowest BCUT2D eigenvalue weighted by atomic mass is 9.93. The lowest BCUT2D eigenvalue weighted by Gasteiger charge is -2.25. The molecule has 0 bridgehead atoms. The van der Waals surface area contributed by atoms with Crippen LogP contribution < -0.4 is 4.74 Å². The number of aliphatic hydroxyl groups excluding tert-OH is 1. The Labute approximate surface area is 175 Å². The maximum Gasteiger partial charge on any atom is 0.295 e. The van der Waals surface area contributed by atoms with Gasteiger partial charge in [0.2, 0.25) is 0 Å². The average molecular weight is 411 g/mol. The van der Waals surface area contributed by atoms with E-state index in [1.807, 2.05) is 26.0 Å². The molecule has 1 atom stereocenters. The van der Waals surface area contributed by atoms with Crippen molar-refractivity contribution in [2.45, 2.75) is 19.9 Å². The number of aromatic hydroxyl groups is 1. The van der Waals surface area contributed by atoms with Crippen LogP contribution in [0.25, 0.3) is 5.76 Å². The number of phenolic OH excluding ortho intramolecular Hbond substituents is 1. The van der Waals surface area contributed by atoms with Gasteiger partial charge in [0.25, 0.3) is 11.7 Å². The van der Waals surface area contributed by atoms with Crippen LogP contribution in [0.3, 0.4) is 0 Å². The van der Waals surface area contributed by atoms with E-state index in [2.05, 4.69) is 0 Å². The number of aliphatic hydroxyl groups is 1. The van der Waals surface area contributed by atoms with Crippen molar-refractivity contribution in [3.8, 4) is 11.5 Å². The number of rotatable bonds is 6. The van der Waals surface area contributed by atoms with Crippen molar-refractivity contribution in [2.24, 2.45) is 0 Å². The first-order valence-electron chi connectivity index (χ1n) is 9.52. The minimum Gasteiger partial charge on any atom is -0.507 e. The van der Waals surface area contributed by atoms with Gasteiger partial charge >= 0.3 is 0 Å². The van der Waals surface area contributed by atoms with E-state index in [4.69, 9.17) is 9.47 Å². The van der Waals surface area contributed by atoms with Crippen molar-refractivity contribution in [2.75, 3.05) is 27.4 Å². The summed E-state index contributed by atoms with van der Waals surface area (Å²) in [4.78, 5) is 27.1. The van der Waals surface area contributed by atoms with Gasteiger partial charge in [-0.05, 0) is 43.2 Å². The highest BCUT2D eigenvalue weighted by Gasteiger charge is 2.46. The van der Waals surface area contributed by atoms with E-state index < -0.39 is 17.7 Å². The van der Waals surface area contributed by atoms with Crippen LogP contribution in [0.15, 0.2) is 42.0 Å². The van der Waals surface area contributed by atoms with Gasteiger partial charge in [-0.1, -0.05) is 23.8 Å². The number of carbonyl (C=O) groups is 2. The SMILES string of the molecule is COCCN1C(=O)C(=O)/C(=C(/O)c2cc(C)ccc2C)C1c1ccc(O)c(OC)c1. The number of ketones is 1. The number of ether oxygens (including phenoxy) is 2. The fourth-order valence-corrected chi connectivity index (χ4v) is 3.65. The lowest BCUT2D eigenvalue weighted by molar-refractivity contribution is -0.140. The summed E-state index contributed by atoms with van der Waals surface area (Å²) in [5.74, 6) is -1.56. The molecule has 1 amide bonds. The van der Waals surface area contributed by atoms with Crippen LogP contribution in [-0.2, 0) is 14.3 Å². The molecule has 0 saturated carbocycles. The molecule has 1 unspecified atom stereocenters. The quantitative estimate of drug-likeness (QED) is 0.431. The third-order valence-corrected chi connectivity index (χ3v) is 5.24. The number of benzene rings is 2. The second-order valence-corrected chi connectivity index (χ2v) is 7.23. The first kappa shape index (κ1) is 21.4. The third kappa shape index (κ3) is 3.76. The van der Waals surface area contributed by atoms with Crippen molar-refractivity contribution in [1.82, 2.24) is 4.90 Å². The molecular weight excluding hydrogens is 386 g/mol. The zero-order valence-corrected chi connectivity index (χ0v) is 17.4. The van der Waals surface area contributed by atoms with Gasteiger partial charge in [-0.25, -0.2) is 0 Å². The van der Waals surface area contributed by atoms with Crippen molar-refractivity contribution >= 4 is 17.4 Å². The molecule has 2 N–H and O–H groups in total. The highest BCUT2D eigenvalue weighted by atomic mass is 16.5. The van der Waals surface area contributed by atoms with Gasteiger partial charge in [-0.2, -0.15) is 0 Å². The molecule has 1 aliphatic heterocycles. The molecule has 2 aromatic carbocycles. The minimum atomic E-state index is -0.838. The number of hydrogen-bond acceptors (Lipinski definition) is 6. The van der Waals surface area contributed by atoms with Crippen molar-refractivity contribution in [3.63, 3.8) is 0 Å². The molecule has 0 aliphatic carbocycles. The molecule has 1 heterocycles. The van der Waals surface area contributed by atoms with Gasteiger partial charge in [0.15, 0.2) is 11.5 Å². The van der Waals surface area contributed by atoms with Crippen molar-refractivity contribution in [1.29, 1.82) is 0 Å². The van der Waals surface area contributed by atoms with Gasteiger partial charge in [0, 0.05) is 19.2 Å². The van der Waals surface area contributed by atoms with Gasteiger partial charge in [0.05, 0.1) is 25.3 Å². The summed E-state index contributed by atoms with van der Waals surface area (Å²) < 4.78 is 10.3. The standard InChI is InChI=1S/C23H25NO6/c1-13-5-6-14(2)16(11-13)21(26)19-20(15-7-8-17(25)18(12-15)30-4)24(9-10-29-3)23(28)22(19)27/h5-8,11-12,20,25-26H,9-10H2,1-4H3/b21-19+. The molecule has 0 spiro atoms. The van der Waals surface area contributed by atoms with Gasteiger partial charge < -0.3 is 24.6 Å². The van der Waals surface area contributed by atoms with E-state index in [1.54, 1.807) is 18.2 Å². The molecule has 1 saturated heterocycles. The average Bonchev–Trinajstić information content (AvgIpc) is 2.98. The van der Waals surface area contributed by atoms with Crippen LogP contribution in [0.2, 0.25) is 0 Å². The number of likely N-dealkylation sites (tertiary alicyclic amines) is 1. The fourth-order valence-electron chi connectivity index (χ4n) is 3.65. The Morgan fingerprint density at radius 3 is 2.50 bits per heavy atom. The summed E-state index contributed by atoms with van der Waals surface area (Å²) in [6.07, 6.45) is 0. The Hall–Kier alpha value is -3.32. The normalized spacial score (nSPS) is 18.1. The van der Waals surface area contributed by atoms with Gasteiger partial charge in [-0.3, -0.25) is 9.59 Å². The second-order valence-electron chi connectivity index (χ2n) is 7.23. The molecule has 1 aliphatic rings. The van der Waals surface area contributed by atoms with Crippen LogP contribution in [0, 0.1) is 13.8 Å². The Morgan fingerprint density at radius 2 is 1.83 bits per heavy atom. The van der Waals surface area contributed by atoms with Crippen LogP contribution in [0.1, 0.15) is 28.3 Å². The predicted molar refractivity (Wildman–Crippen MR) is 111 cm³/mol. The predicted octanol–water partition coefficient (Wildman–Crippen LogP) is 3.09. The summed E-state index contributed by atoms with van der Waals surface area (Å²) in [5.41, 5.74) is 2.72. The van der Waals surface area contributed by atoms with E-state index >= 15 is 0 Å². The Bertz CT molecular complexity index is 1030. The molecular formula is C23H25NO6. The van der Waals surface area contributed by atoms with E-state index in [0.717, 1.165) is 11.1 Å². The van der Waals surface area contributed by atoms with Gasteiger partial charge in [0.1, 0.15) is 5.76 Å². The number of amides is 1. The van der Waals surface area contributed by atoms with E-state index in [1.165, 1.54) is 25.2 Å². The topological polar surface area (TPSA) is 96.3 Å². The largest absolute Gasteiger partial charge is 0.507 e. The van der Waals surface area contributed by atoms with Crippen LogP contribution in [0.5, 0.6) is 11.5 Å². The molecule has 0 aromatic heterocycles. The number of carbonyl (C=O) groups excluding carboxylic acids is 2. The number of nitrogens with zero attached hydrogens (tertiary/aromatic N) is 1. The maximum absolute atomic E-state index is 13.0. The van der Waals surface area contributed by atoms with Crippen molar-refractivity contribution in [3.05, 3.63) is 64.2 Å². The highest BCUT2D eigenvalue weighted by Crippen LogP contribution is 2.42. The molecule has 158 valence electrons. The van der Waals surface area contributed by atoms with Gasteiger partial charge in [-0.15, -0.1) is 0 Å². The Kier molecular flexibility index (Phi) is 6.12. The summed E-state index contributed by atoms with van der Waals surface area (Å²) in [5, 5.41) is 21.1. The summed E-state index contributed by atoms with van der Waals surface area (Å²) in [6.45, 7) is 4.10. The van der Waals surface area contributed by atoms with E-state index in [9.17, 15) is 19.8 Å². The fraction of sp³-hybridized carbons (Fsp3) is 0.304. The zero-order valence-electron chi connectivity index (χ0n) is 17.4. The molecule has 30 heavy (non-hydrogen) atoms. The minimum absolute atomic E-state index is 0.00227. The van der Waals surface area contributed by atoms with E-state index in [0.29, 0.717) is 11.1 Å². The lowest BCUT2D eigenvalue weighted by Crippen LogP contribution is -2.32. The molecule has 2 aromatic rings. The van der Waals surface area contributed by atoms with E-state index in [-0.39, 0.29) is 36.0 Å². The number of phenols is 1. The Morgan fingerprint density at radius 1 is 1.10 bits per heavy atom. The molecule has 7 nitrogen and oxygen atoms in total. The number of aryl methyl sites for hydroxylation is 2. The molecule has 1 fully saturated rings. The molecule has 3 rings (SSSR count). The molecule has 0 radical (unpaired) electrons. The summed E-state index contributed by atoms with van der Waals surface area (Å²) in [7, 11) is 2.92. The number of hydrogen-bond donors (Lipinski definition) is 2. The highest BCUT2D eigenvalue weighted by molar-refractivity contribution is 6.46. The number of Topliss-reactive ketones (excluding diaryl/α,β-unsaturated/α-hetero) is 1. The monoisotopic (exact) mass is 411 g/mol. The Balaban J connectivity index is 2.24. The summed E-state index contributed by atoms with van der Waals surface area (Å²) in [6, 6.07) is 9.29. The molecule has 7 heteroatoms. The maximum atomic E-state index is 13.0. The van der Waals surface area contributed by atoms with Crippen LogP contribution in [0.4, 0.5) is 0 Å². The van der Waals surface area contributed by atoms with Crippen molar-refractivity contribution < 1.29 is 29.3 Å². The first-order valence-corrected chi connectivity index (χ1v) is 9.52. The smallest absolute Gasteiger partial charge is 0.295 e. The van der Waals surface area contributed by atoms with Crippen LogP contribution in [-0.4, -0.2) is 54.2 Å². The first-order chi connectivity index (χ1) is 14.3. The summed E-state index contributed by atoms with van der Waals surface area (Å²) >= 11 is 0.